The molecule has 0 N–H and O–H groups in total. The summed E-state index contributed by atoms with van der Waals surface area (Å²) in [5, 5.41) is 0. The zero-order valence-electron chi connectivity index (χ0n) is 16.8. The van der Waals surface area contributed by atoms with Crippen LogP contribution in [0.1, 0.15) is 40.1 Å². The molecule has 0 amide bonds. The molecule has 31 heavy (non-hydrogen) atoms. The monoisotopic (exact) mass is 430 g/mol. The number of alkyl halides is 3. The van der Waals surface area contributed by atoms with Crippen molar-refractivity contribution in [1.29, 1.82) is 0 Å². The molecular formula is C24H21F3O4. The third-order valence-electron chi connectivity index (χ3n) is 4.53. The van der Waals surface area contributed by atoms with Crippen LogP contribution in [0.5, 0.6) is 11.5 Å². The van der Waals surface area contributed by atoms with E-state index in [1.807, 2.05) is 37.3 Å². The van der Waals surface area contributed by atoms with Crippen molar-refractivity contribution in [3.05, 3.63) is 95.1 Å². The van der Waals surface area contributed by atoms with Gasteiger partial charge in [0, 0.05) is 11.1 Å². The van der Waals surface area contributed by atoms with E-state index in [9.17, 15) is 18.0 Å². The number of hydrogen-bond acceptors (Lipinski definition) is 4. The molecule has 1 atom stereocenters. The number of ether oxygens (including phenoxy) is 3. The zero-order valence-corrected chi connectivity index (χ0v) is 16.8. The molecule has 0 saturated carbocycles. The minimum atomic E-state index is -4.73. The largest absolute Gasteiger partial charge is 0.573 e. The van der Waals surface area contributed by atoms with E-state index >= 15 is 0 Å². The highest BCUT2D eigenvalue weighted by atomic mass is 19.4. The fourth-order valence-corrected chi connectivity index (χ4v) is 2.91. The lowest BCUT2D eigenvalue weighted by Gasteiger charge is -2.16. The maximum atomic E-state index is 12.3. The highest BCUT2D eigenvalue weighted by Gasteiger charge is 2.30. The van der Waals surface area contributed by atoms with Crippen LogP contribution in [0, 0.1) is 0 Å². The Morgan fingerprint density at radius 1 is 0.935 bits per heavy atom. The van der Waals surface area contributed by atoms with E-state index in [0.717, 1.165) is 11.8 Å². The van der Waals surface area contributed by atoms with Crippen molar-refractivity contribution in [3.63, 3.8) is 0 Å². The SMILES string of the molecule is CC(OCc1cc(C=O)ccc1OCc1ccc(OC(F)(F)F)cc1)c1ccccc1. The van der Waals surface area contributed by atoms with E-state index in [-0.39, 0.29) is 25.1 Å². The Balaban J connectivity index is 1.66. The smallest absolute Gasteiger partial charge is 0.489 e. The van der Waals surface area contributed by atoms with Crippen LogP contribution in [-0.2, 0) is 18.0 Å². The Kier molecular flexibility index (Phi) is 7.31. The first kappa shape index (κ1) is 22.4. The first-order valence-electron chi connectivity index (χ1n) is 9.56. The van der Waals surface area contributed by atoms with Gasteiger partial charge in [-0.3, -0.25) is 4.79 Å². The average Bonchev–Trinajstić information content (AvgIpc) is 2.76. The molecule has 0 fully saturated rings. The maximum absolute atomic E-state index is 12.3. The van der Waals surface area contributed by atoms with Gasteiger partial charge in [-0.25, -0.2) is 0 Å². The molecule has 0 saturated heterocycles. The summed E-state index contributed by atoms with van der Waals surface area (Å²) in [6, 6.07) is 20.2. The van der Waals surface area contributed by atoms with Crippen molar-refractivity contribution >= 4 is 6.29 Å². The number of carbonyl (C=O) groups is 1. The van der Waals surface area contributed by atoms with Crippen LogP contribution in [0.25, 0.3) is 0 Å². The molecule has 7 heteroatoms. The second-order valence-corrected chi connectivity index (χ2v) is 6.83. The van der Waals surface area contributed by atoms with Crippen LogP contribution >= 0.6 is 0 Å². The summed E-state index contributed by atoms with van der Waals surface area (Å²) < 4.78 is 52.5. The number of aldehydes is 1. The minimum Gasteiger partial charge on any atom is -0.489 e. The predicted molar refractivity (Wildman–Crippen MR) is 109 cm³/mol. The van der Waals surface area contributed by atoms with E-state index in [4.69, 9.17) is 9.47 Å². The van der Waals surface area contributed by atoms with Gasteiger partial charge < -0.3 is 14.2 Å². The van der Waals surface area contributed by atoms with Gasteiger partial charge >= 0.3 is 6.36 Å². The Labute approximate surface area is 178 Å². The molecule has 3 aromatic carbocycles. The van der Waals surface area contributed by atoms with Gasteiger partial charge in [-0.15, -0.1) is 13.2 Å². The first-order valence-corrected chi connectivity index (χ1v) is 9.56. The maximum Gasteiger partial charge on any atom is 0.573 e. The van der Waals surface area contributed by atoms with E-state index in [1.165, 1.54) is 24.3 Å². The topological polar surface area (TPSA) is 44.8 Å². The first-order chi connectivity index (χ1) is 14.8. The summed E-state index contributed by atoms with van der Waals surface area (Å²) >= 11 is 0. The summed E-state index contributed by atoms with van der Waals surface area (Å²) in [4.78, 5) is 11.2. The molecule has 1 unspecified atom stereocenters. The van der Waals surface area contributed by atoms with Crippen LogP contribution in [-0.4, -0.2) is 12.6 Å². The van der Waals surface area contributed by atoms with Crippen molar-refractivity contribution in [2.24, 2.45) is 0 Å². The number of hydrogen-bond donors (Lipinski definition) is 0. The molecule has 3 aromatic rings. The molecule has 0 heterocycles. The van der Waals surface area contributed by atoms with Gasteiger partial charge in [0.25, 0.3) is 0 Å². The lowest BCUT2D eigenvalue weighted by molar-refractivity contribution is -0.274. The molecule has 4 nitrogen and oxygen atoms in total. The summed E-state index contributed by atoms with van der Waals surface area (Å²) in [6.07, 6.45) is -4.15. The highest BCUT2D eigenvalue weighted by molar-refractivity contribution is 5.75. The third-order valence-corrected chi connectivity index (χ3v) is 4.53. The van der Waals surface area contributed by atoms with Crippen LogP contribution in [0.3, 0.4) is 0 Å². The van der Waals surface area contributed by atoms with E-state index in [2.05, 4.69) is 4.74 Å². The summed E-state index contributed by atoms with van der Waals surface area (Å²) in [7, 11) is 0. The molecular weight excluding hydrogens is 409 g/mol. The van der Waals surface area contributed by atoms with Gasteiger partial charge in [0.05, 0.1) is 12.7 Å². The van der Waals surface area contributed by atoms with Crippen molar-refractivity contribution in [3.8, 4) is 11.5 Å². The second-order valence-electron chi connectivity index (χ2n) is 6.83. The van der Waals surface area contributed by atoms with Crippen molar-refractivity contribution in [1.82, 2.24) is 0 Å². The number of benzene rings is 3. The van der Waals surface area contributed by atoms with Crippen LogP contribution in [0.2, 0.25) is 0 Å². The van der Waals surface area contributed by atoms with Crippen molar-refractivity contribution < 1.29 is 32.2 Å². The summed E-state index contributed by atoms with van der Waals surface area (Å²) in [5.74, 6) is 0.233. The number of rotatable bonds is 9. The molecule has 0 aromatic heterocycles. The molecule has 0 radical (unpaired) electrons. The molecule has 0 aliphatic rings. The second kappa shape index (κ2) is 10.1. The Hall–Kier alpha value is -3.32. The van der Waals surface area contributed by atoms with Gasteiger partial charge in [0.1, 0.15) is 24.4 Å². The molecule has 3 rings (SSSR count). The van der Waals surface area contributed by atoms with E-state index in [0.29, 0.717) is 22.4 Å². The van der Waals surface area contributed by atoms with Gasteiger partial charge in [-0.1, -0.05) is 42.5 Å². The summed E-state index contributed by atoms with van der Waals surface area (Å²) in [6.45, 7) is 2.30. The zero-order chi connectivity index (χ0) is 22.3. The van der Waals surface area contributed by atoms with Gasteiger partial charge in [0.2, 0.25) is 0 Å². The number of carbonyl (C=O) groups excluding carboxylic acids is 1. The fraction of sp³-hybridized carbons (Fsp3) is 0.208. The summed E-state index contributed by atoms with van der Waals surface area (Å²) in [5.41, 5.74) is 2.88. The average molecular weight is 430 g/mol. The lowest BCUT2D eigenvalue weighted by atomic mass is 10.1. The van der Waals surface area contributed by atoms with Gasteiger partial charge in [-0.05, 0) is 48.4 Å². The van der Waals surface area contributed by atoms with E-state index in [1.54, 1.807) is 18.2 Å². The van der Waals surface area contributed by atoms with Crippen molar-refractivity contribution in [2.45, 2.75) is 32.6 Å². The standard InChI is InChI=1S/C24H21F3O4/c1-17(20-5-3-2-4-6-20)29-16-21-13-19(14-28)9-12-23(21)30-15-18-7-10-22(11-8-18)31-24(25,26)27/h2-14,17H,15-16H2,1H3. The molecule has 0 bridgehead atoms. The van der Waals surface area contributed by atoms with Crippen LogP contribution in [0.4, 0.5) is 13.2 Å². The lowest BCUT2D eigenvalue weighted by Crippen LogP contribution is -2.17. The Bertz CT molecular complexity index is 986. The molecule has 162 valence electrons. The minimum absolute atomic E-state index is 0.133. The van der Waals surface area contributed by atoms with Crippen LogP contribution in [0.15, 0.2) is 72.8 Å². The highest BCUT2D eigenvalue weighted by Crippen LogP contribution is 2.26. The van der Waals surface area contributed by atoms with Gasteiger partial charge in [-0.2, -0.15) is 0 Å². The molecule has 0 aliphatic carbocycles. The quantitative estimate of drug-likeness (QED) is 0.376. The predicted octanol–water partition coefficient (Wildman–Crippen LogP) is 6.25. The Morgan fingerprint density at radius 2 is 1.65 bits per heavy atom. The van der Waals surface area contributed by atoms with Crippen LogP contribution < -0.4 is 9.47 Å². The Morgan fingerprint density at radius 3 is 2.29 bits per heavy atom. The van der Waals surface area contributed by atoms with Gasteiger partial charge in [0.15, 0.2) is 0 Å². The molecule has 0 aliphatic heterocycles. The molecule has 0 spiro atoms. The normalized spacial score (nSPS) is 12.3. The van der Waals surface area contributed by atoms with Crippen molar-refractivity contribution in [2.75, 3.05) is 0 Å². The third kappa shape index (κ3) is 6.86. The number of halogens is 3. The fourth-order valence-electron chi connectivity index (χ4n) is 2.91. The van der Waals surface area contributed by atoms with E-state index < -0.39 is 6.36 Å².